The maximum atomic E-state index is 12.2. The van der Waals surface area contributed by atoms with Crippen LogP contribution in [0.3, 0.4) is 0 Å². The molecule has 0 saturated carbocycles. The summed E-state index contributed by atoms with van der Waals surface area (Å²) >= 11 is 1.53. The van der Waals surface area contributed by atoms with Gasteiger partial charge in [-0.2, -0.15) is 0 Å². The van der Waals surface area contributed by atoms with E-state index in [-0.39, 0.29) is 18.4 Å². The summed E-state index contributed by atoms with van der Waals surface area (Å²) in [5.74, 6) is -1.50. The van der Waals surface area contributed by atoms with Gasteiger partial charge in [-0.25, -0.2) is 0 Å². The van der Waals surface area contributed by atoms with Crippen LogP contribution in [0.25, 0.3) is 0 Å². The van der Waals surface area contributed by atoms with Crippen LogP contribution in [-0.4, -0.2) is 36.7 Å². The van der Waals surface area contributed by atoms with Crippen molar-refractivity contribution in [1.29, 1.82) is 0 Å². The zero-order valence-corrected chi connectivity index (χ0v) is 13.2. The molecule has 1 aromatic heterocycles. The molecule has 2 N–H and O–H groups in total. The number of carbonyl (C=O) groups excluding carboxylic acids is 1. The average Bonchev–Trinajstić information content (AvgIpc) is 2.80. The second-order valence-corrected chi connectivity index (χ2v) is 6.52. The fourth-order valence-electron chi connectivity index (χ4n) is 2.61. The summed E-state index contributed by atoms with van der Waals surface area (Å²) in [4.78, 5) is 24.7. The molecule has 1 amide bonds. The summed E-state index contributed by atoms with van der Waals surface area (Å²) in [6.07, 6.45) is 1.48. The van der Waals surface area contributed by atoms with Gasteiger partial charge < -0.3 is 15.2 Å². The Bertz CT molecular complexity index is 520. The van der Waals surface area contributed by atoms with E-state index in [1.165, 1.54) is 11.3 Å². The van der Waals surface area contributed by atoms with E-state index in [9.17, 15) is 14.7 Å². The van der Waals surface area contributed by atoms with Crippen molar-refractivity contribution in [2.75, 3.05) is 19.8 Å². The van der Waals surface area contributed by atoms with E-state index in [2.05, 4.69) is 5.32 Å². The Kier molecular flexibility index (Phi) is 5.36. The molecule has 0 aromatic carbocycles. The highest BCUT2D eigenvalue weighted by Crippen LogP contribution is 2.24. The number of thiophene rings is 1. The lowest BCUT2D eigenvalue weighted by Crippen LogP contribution is -2.39. The summed E-state index contributed by atoms with van der Waals surface area (Å²) in [5, 5.41) is 14.0. The van der Waals surface area contributed by atoms with Crippen LogP contribution in [0.1, 0.15) is 33.6 Å². The van der Waals surface area contributed by atoms with Crippen molar-refractivity contribution in [2.45, 2.75) is 26.7 Å². The summed E-state index contributed by atoms with van der Waals surface area (Å²) in [7, 11) is 0. The third kappa shape index (κ3) is 3.83. The number of aryl methyl sites for hydroxylation is 1. The van der Waals surface area contributed by atoms with Gasteiger partial charge in [0.2, 0.25) is 0 Å². The van der Waals surface area contributed by atoms with Crippen LogP contribution >= 0.6 is 11.3 Å². The number of carboxylic acid groups (broad SMARTS) is 1. The van der Waals surface area contributed by atoms with Gasteiger partial charge in [0, 0.05) is 30.0 Å². The molecular formula is C15H21NO4S. The molecular weight excluding hydrogens is 290 g/mol. The summed E-state index contributed by atoms with van der Waals surface area (Å²) < 4.78 is 5.26. The number of nitrogens with one attached hydrogen (secondary N) is 1. The largest absolute Gasteiger partial charge is 0.481 e. The van der Waals surface area contributed by atoms with Crippen molar-refractivity contribution in [3.63, 3.8) is 0 Å². The van der Waals surface area contributed by atoms with Gasteiger partial charge >= 0.3 is 5.97 Å². The quantitative estimate of drug-likeness (QED) is 0.874. The fraction of sp³-hybridized carbons (Fsp3) is 0.600. The molecule has 0 aliphatic carbocycles. The van der Waals surface area contributed by atoms with Gasteiger partial charge in [0.15, 0.2) is 0 Å². The highest BCUT2D eigenvalue weighted by atomic mass is 32.1. The first-order valence-corrected chi connectivity index (χ1v) is 8.02. The predicted octanol–water partition coefficient (Wildman–Crippen LogP) is 2.22. The third-order valence-electron chi connectivity index (χ3n) is 4.17. The van der Waals surface area contributed by atoms with Crippen LogP contribution in [0.5, 0.6) is 0 Å². The first kappa shape index (κ1) is 16.0. The predicted molar refractivity (Wildman–Crippen MR) is 80.8 cm³/mol. The van der Waals surface area contributed by atoms with Crippen molar-refractivity contribution in [3.8, 4) is 0 Å². The van der Waals surface area contributed by atoms with Gasteiger partial charge in [0.1, 0.15) is 0 Å². The zero-order valence-electron chi connectivity index (χ0n) is 12.3. The van der Waals surface area contributed by atoms with Crippen molar-refractivity contribution in [1.82, 2.24) is 5.32 Å². The molecule has 116 valence electrons. The normalized spacial score (nSPS) is 17.4. The van der Waals surface area contributed by atoms with Crippen molar-refractivity contribution in [3.05, 3.63) is 21.4 Å². The maximum Gasteiger partial charge on any atom is 0.308 e. The Hall–Kier alpha value is -1.40. The minimum absolute atomic E-state index is 0.0712. The zero-order chi connectivity index (χ0) is 15.4. The molecule has 0 radical (unpaired) electrons. The monoisotopic (exact) mass is 311 g/mol. The van der Waals surface area contributed by atoms with Gasteiger partial charge in [-0.15, -0.1) is 11.3 Å². The standard InChI is InChI=1S/C15H21NO4S/c1-9-10(2)21-8-13(9)14(17)16-7-12(15(18)19)11-3-5-20-6-4-11/h8,11-12H,3-7H2,1-2H3,(H,16,17)(H,18,19). The molecule has 1 fully saturated rings. The molecule has 21 heavy (non-hydrogen) atoms. The molecule has 1 saturated heterocycles. The molecule has 1 atom stereocenters. The second-order valence-electron chi connectivity index (χ2n) is 5.44. The second kappa shape index (κ2) is 7.04. The molecule has 6 heteroatoms. The third-order valence-corrected chi connectivity index (χ3v) is 5.18. The van der Waals surface area contributed by atoms with Gasteiger partial charge in [0.05, 0.1) is 11.5 Å². The molecule has 1 aliphatic heterocycles. The van der Waals surface area contributed by atoms with Gasteiger partial charge in [-0.3, -0.25) is 9.59 Å². The molecule has 0 bridgehead atoms. The summed E-state index contributed by atoms with van der Waals surface area (Å²) in [6, 6.07) is 0. The molecule has 0 spiro atoms. The van der Waals surface area contributed by atoms with Crippen molar-refractivity contribution >= 4 is 23.2 Å². The number of hydrogen-bond donors (Lipinski definition) is 2. The smallest absolute Gasteiger partial charge is 0.308 e. The Morgan fingerprint density at radius 3 is 2.62 bits per heavy atom. The van der Waals surface area contributed by atoms with Crippen LogP contribution in [0, 0.1) is 25.7 Å². The molecule has 5 nitrogen and oxygen atoms in total. The van der Waals surface area contributed by atoms with E-state index < -0.39 is 11.9 Å². The van der Waals surface area contributed by atoms with E-state index in [0.29, 0.717) is 18.8 Å². The van der Waals surface area contributed by atoms with Crippen LogP contribution < -0.4 is 5.32 Å². The van der Waals surface area contributed by atoms with Crippen LogP contribution in [-0.2, 0) is 9.53 Å². The number of hydrogen-bond acceptors (Lipinski definition) is 4. The molecule has 1 unspecified atom stereocenters. The SMILES string of the molecule is Cc1scc(C(=O)NCC(C(=O)O)C2CCOCC2)c1C. The lowest BCUT2D eigenvalue weighted by molar-refractivity contribution is -0.144. The van der Waals surface area contributed by atoms with Gasteiger partial charge in [-0.1, -0.05) is 0 Å². The maximum absolute atomic E-state index is 12.2. The van der Waals surface area contributed by atoms with Crippen LogP contribution in [0.15, 0.2) is 5.38 Å². The van der Waals surface area contributed by atoms with E-state index in [0.717, 1.165) is 23.3 Å². The van der Waals surface area contributed by atoms with Crippen LogP contribution in [0.4, 0.5) is 0 Å². The minimum Gasteiger partial charge on any atom is -0.481 e. The first-order valence-electron chi connectivity index (χ1n) is 7.14. The summed E-state index contributed by atoms with van der Waals surface area (Å²) in [5.41, 5.74) is 1.61. The van der Waals surface area contributed by atoms with Crippen molar-refractivity contribution < 1.29 is 19.4 Å². The number of carboxylic acids is 1. The van der Waals surface area contributed by atoms with Crippen LogP contribution in [0.2, 0.25) is 0 Å². The molecule has 2 rings (SSSR count). The Morgan fingerprint density at radius 2 is 2.10 bits per heavy atom. The van der Waals surface area contributed by atoms with Gasteiger partial charge in [0.25, 0.3) is 5.91 Å². The summed E-state index contributed by atoms with van der Waals surface area (Å²) in [6.45, 7) is 5.26. The van der Waals surface area contributed by atoms with E-state index in [1.54, 1.807) is 0 Å². The van der Waals surface area contributed by atoms with Crippen molar-refractivity contribution in [2.24, 2.45) is 11.8 Å². The Balaban J connectivity index is 1.96. The van der Waals surface area contributed by atoms with E-state index in [1.807, 2.05) is 19.2 Å². The lowest BCUT2D eigenvalue weighted by Gasteiger charge is -2.27. The fourth-order valence-corrected chi connectivity index (χ4v) is 3.47. The number of carbonyl (C=O) groups is 2. The number of ether oxygens (including phenoxy) is 1. The highest BCUT2D eigenvalue weighted by molar-refractivity contribution is 7.10. The molecule has 1 aliphatic rings. The van der Waals surface area contributed by atoms with Gasteiger partial charge in [-0.05, 0) is 38.2 Å². The highest BCUT2D eigenvalue weighted by Gasteiger charge is 2.30. The number of rotatable bonds is 5. The minimum atomic E-state index is -0.847. The number of aliphatic carboxylic acids is 1. The van der Waals surface area contributed by atoms with E-state index >= 15 is 0 Å². The van der Waals surface area contributed by atoms with E-state index in [4.69, 9.17) is 4.74 Å². The molecule has 2 heterocycles. The lowest BCUT2D eigenvalue weighted by atomic mass is 9.86. The Morgan fingerprint density at radius 1 is 1.43 bits per heavy atom. The first-order chi connectivity index (χ1) is 10.0. The molecule has 1 aromatic rings. The Labute approximate surface area is 128 Å². The topological polar surface area (TPSA) is 75.6 Å². The average molecular weight is 311 g/mol. The number of amides is 1.